The Labute approximate surface area is 195 Å². The van der Waals surface area contributed by atoms with Gasteiger partial charge in [0, 0.05) is 23.9 Å². The second-order valence-corrected chi connectivity index (χ2v) is 9.81. The third-order valence-corrected chi connectivity index (χ3v) is 7.33. The summed E-state index contributed by atoms with van der Waals surface area (Å²) in [5.41, 5.74) is 3.59. The summed E-state index contributed by atoms with van der Waals surface area (Å²) < 4.78 is 0. The number of aryl methyl sites for hydroxylation is 1. The van der Waals surface area contributed by atoms with E-state index in [0.29, 0.717) is 5.92 Å². The molecule has 1 fully saturated rings. The number of benzene rings is 1. The highest BCUT2D eigenvalue weighted by Gasteiger charge is 2.36. The molecular formula is C29H41N3. The third-order valence-electron chi connectivity index (χ3n) is 7.33. The van der Waals surface area contributed by atoms with Crippen molar-refractivity contribution in [3.8, 4) is 17.2 Å². The van der Waals surface area contributed by atoms with Gasteiger partial charge in [-0.1, -0.05) is 83.1 Å². The largest absolute Gasteiger partial charge is 0.240 e. The molecule has 1 aliphatic carbocycles. The van der Waals surface area contributed by atoms with Crippen LogP contribution >= 0.6 is 0 Å². The van der Waals surface area contributed by atoms with Crippen molar-refractivity contribution in [2.45, 2.75) is 110 Å². The first kappa shape index (κ1) is 24.4. The SMILES string of the molecule is CCCCCCCCc1ccc(-c2cnc(C3CCC(C#N)(CCCC)CC3)nc2)cc1. The van der Waals surface area contributed by atoms with Gasteiger partial charge in [0.05, 0.1) is 11.5 Å². The molecule has 1 heterocycles. The molecule has 0 atom stereocenters. The summed E-state index contributed by atoms with van der Waals surface area (Å²) in [4.78, 5) is 9.46. The van der Waals surface area contributed by atoms with Crippen LogP contribution in [0, 0.1) is 16.7 Å². The lowest BCUT2D eigenvalue weighted by Gasteiger charge is -2.34. The van der Waals surface area contributed by atoms with Gasteiger partial charge < -0.3 is 0 Å². The maximum absolute atomic E-state index is 9.72. The molecule has 0 spiro atoms. The summed E-state index contributed by atoms with van der Waals surface area (Å²) in [6.45, 7) is 4.47. The van der Waals surface area contributed by atoms with Gasteiger partial charge in [0.1, 0.15) is 5.82 Å². The van der Waals surface area contributed by atoms with E-state index in [0.717, 1.165) is 56.3 Å². The molecule has 172 valence electrons. The van der Waals surface area contributed by atoms with Gasteiger partial charge in [0.15, 0.2) is 0 Å². The van der Waals surface area contributed by atoms with E-state index < -0.39 is 0 Å². The van der Waals surface area contributed by atoms with Crippen molar-refractivity contribution >= 4 is 0 Å². The Balaban J connectivity index is 1.50. The van der Waals surface area contributed by atoms with Crippen molar-refractivity contribution in [1.82, 2.24) is 9.97 Å². The Kier molecular flexibility index (Phi) is 9.72. The quantitative estimate of drug-likeness (QED) is 0.317. The van der Waals surface area contributed by atoms with Gasteiger partial charge in [-0.25, -0.2) is 9.97 Å². The molecule has 1 aliphatic rings. The molecule has 0 amide bonds. The van der Waals surface area contributed by atoms with Gasteiger partial charge in [0.25, 0.3) is 0 Å². The molecule has 32 heavy (non-hydrogen) atoms. The number of hydrogen-bond acceptors (Lipinski definition) is 3. The molecule has 1 aromatic carbocycles. The summed E-state index contributed by atoms with van der Waals surface area (Å²) in [6, 6.07) is 11.6. The highest BCUT2D eigenvalue weighted by Crippen LogP contribution is 2.44. The average molecular weight is 432 g/mol. The summed E-state index contributed by atoms with van der Waals surface area (Å²) in [6.07, 6.45) is 20.6. The lowest BCUT2D eigenvalue weighted by Crippen LogP contribution is -2.26. The van der Waals surface area contributed by atoms with Gasteiger partial charge in [-0.3, -0.25) is 0 Å². The Morgan fingerprint density at radius 2 is 1.47 bits per heavy atom. The third kappa shape index (κ3) is 6.89. The van der Waals surface area contributed by atoms with E-state index in [2.05, 4.69) is 44.2 Å². The fourth-order valence-corrected chi connectivity index (χ4v) is 5.03. The first-order valence-electron chi connectivity index (χ1n) is 13.0. The van der Waals surface area contributed by atoms with Crippen LogP contribution in [-0.2, 0) is 6.42 Å². The van der Waals surface area contributed by atoms with Gasteiger partial charge in [0.2, 0.25) is 0 Å². The van der Waals surface area contributed by atoms with Crippen LogP contribution in [0.3, 0.4) is 0 Å². The van der Waals surface area contributed by atoms with Crippen molar-refractivity contribution in [1.29, 1.82) is 5.26 Å². The molecule has 0 radical (unpaired) electrons. The average Bonchev–Trinajstić information content (AvgIpc) is 2.86. The van der Waals surface area contributed by atoms with Crippen LogP contribution in [0.25, 0.3) is 11.1 Å². The minimum Gasteiger partial charge on any atom is -0.240 e. The monoisotopic (exact) mass is 431 g/mol. The second kappa shape index (κ2) is 12.7. The number of hydrogen-bond donors (Lipinski definition) is 0. The molecule has 2 aromatic rings. The smallest absolute Gasteiger partial charge is 0.131 e. The maximum atomic E-state index is 9.72. The van der Waals surface area contributed by atoms with Crippen molar-refractivity contribution in [3.63, 3.8) is 0 Å². The summed E-state index contributed by atoms with van der Waals surface area (Å²) >= 11 is 0. The van der Waals surface area contributed by atoms with Crippen molar-refractivity contribution in [3.05, 3.63) is 48.0 Å². The van der Waals surface area contributed by atoms with Crippen LogP contribution in [-0.4, -0.2) is 9.97 Å². The van der Waals surface area contributed by atoms with E-state index in [1.54, 1.807) is 0 Å². The topological polar surface area (TPSA) is 49.6 Å². The molecule has 0 aliphatic heterocycles. The second-order valence-electron chi connectivity index (χ2n) is 9.81. The van der Waals surface area contributed by atoms with Gasteiger partial charge in [-0.2, -0.15) is 5.26 Å². The molecule has 0 saturated heterocycles. The van der Waals surface area contributed by atoms with Crippen molar-refractivity contribution in [2.24, 2.45) is 5.41 Å². The molecule has 1 saturated carbocycles. The number of nitriles is 1. The number of unbranched alkanes of at least 4 members (excludes halogenated alkanes) is 6. The molecule has 3 rings (SSSR count). The maximum Gasteiger partial charge on any atom is 0.131 e. The van der Waals surface area contributed by atoms with E-state index in [1.807, 2.05) is 12.4 Å². The minimum absolute atomic E-state index is 0.107. The summed E-state index contributed by atoms with van der Waals surface area (Å²) in [7, 11) is 0. The van der Waals surface area contributed by atoms with Crippen LogP contribution in [0.15, 0.2) is 36.7 Å². The molecule has 0 bridgehead atoms. The molecule has 3 nitrogen and oxygen atoms in total. The highest BCUT2D eigenvalue weighted by atomic mass is 14.9. The van der Waals surface area contributed by atoms with E-state index in [-0.39, 0.29) is 5.41 Å². The fourth-order valence-electron chi connectivity index (χ4n) is 5.03. The number of rotatable bonds is 12. The Hall–Kier alpha value is -2.21. The zero-order chi connectivity index (χ0) is 22.7. The van der Waals surface area contributed by atoms with E-state index >= 15 is 0 Å². The molecule has 0 unspecified atom stereocenters. The van der Waals surface area contributed by atoms with Gasteiger partial charge >= 0.3 is 0 Å². The van der Waals surface area contributed by atoms with Crippen LogP contribution in [0.2, 0.25) is 0 Å². The standard InChI is InChI=1S/C29H41N3/c1-3-5-7-8-9-10-11-24-12-14-25(15-13-24)27-21-31-28(32-22-27)26-16-19-29(23-30,20-17-26)18-6-4-2/h12-15,21-22,26H,3-11,16-20H2,1-2H3. The zero-order valence-corrected chi connectivity index (χ0v) is 20.3. The van der Waals surface area contributed by atoms with E-state index in [4.69, 9.17) is 9.97 Å². The first-order valence-corrected chi connectivity index (χ1v) is 13.0. The molecular weight excluding hydrogens is 390 g/mol. The van der Waals surface area contributed by atoms with Crippen molar-refractivity contribution < 1.29 is 0 Å². The normalized spacial score (nSPS) is 20.7. The Bertz CT molecular complexity index is 824. The number of nitrogens with zero attached hydrogens (tertiary/aromatic N) is 3. The van der Waals surface area contributed by atoms with Gasteiger partial charge in [-0.05, 0) is 56.1 Å². The van der Waals surface area contributed by atoms with Crippen molar-refractivity contribution in [2.75, 3.05) is 0 Å². The first-order chi connectivity index (χ1) is 15.7. The fraction of sp³-hybridized carbons (Fsp3) is 0.621. The van der Waals surface area contributed by atoms with Gasteiger partial charge in [-0.15, -0.1) is 0 Å². The van der Waals surface area contributed by atoms with E-state index in [1.165, 1.54) is 56.1 Å². The molecule has 1 aromatic heterocycles. The van der Waals surface area contributed by atoms with E-state index in [9.17, 15) is 5.26 Å². The summed E-state index contributed by atoms with van der Waals surface area (Å²) in [5.74, 6) is 1.35. The molecule has 0 N–H and O–H groups in total. The Morgan fingerprint density at radius 3 is 2.09 bits per heavy atom. The lowest BCUT2D eigenvalue weighted by molar-refractivity contribution is 0.221. The highest BCUT2D eigenvalue weighted by molar-refractivity contribution is 5.61. The van der Waals surface area contributed by atoms with Crippen LogP contribution < -0.4 is 0 Å². The van der Waals surface area contributed by atoms with Crippen LogP contribution in [0.4, 0.5) is 0 Å². The van der Waals surface area contributed by atoms with Crippen LogP contribution in [0.5, 0.6) is 0 Å². The molecule has 3 heteroatoms. The predicted molar refractivity (Wildman–Crippen MR) is 133 cm³/mol. The lowest BCUT2D eigenvalue weighted by atomic mass is 9.68. The minimum atomic E-state index is -0.107. The van der Waals surface area contributed by atoms with Crippen LogP contribution in [0.1, 0.15) is 115 Å². The summed E-state index contributed by atoms with van der Waals surface area (Å²) in [5, 5.41) is 9.72. The predicted octanol–water partition coefficient (Wildman–Crippen LogP) is 8.40. The number of aromatic nitrogens is 2. The Morgan fingerprint density at radius 1 is 0.844 bits per heavy atom. The zero-order valence-electron chi connectivity index (χ0n) is 20.3.